The molecule has 1 aliphatic rings. The molecule has 1 fully saturated rings. The monoisotopic (exact) mass is 214 g/mol. The molecule has 1 heterocycles. The Morgan fingerprint density at radius 2 is 2.33 bits per heavy atom. The zero-order chi connectivity index (χ0) is 11.4. The van der Waals surface area contributed by atoms with Gasteiger partial charge < -0.3 is 15.7 Å². The summed E-state index contributed by atoms with van der Waals surface area (Å²) in [5.74, 6) is -2.03. The number of hydrogen-bond acceptors (Lipinski definition) is 3. The van der Waals surface area contributed by atoms with Crippen LogP contribution in [0.25, 0.3) is 0 Å². The number of carbonyl (C=O) groups excluding carboxylic acids is 2. The molecule has 0 radical (unpaired) electrons. The van der Waals surface area contributed by atoms with Crippen LogP contribution in [0.1, 0.15) is 19.8 Å². The quantitative estimate of drug-likeness (QED) is 0.565. The Bertz CT molecular complexity index is 290. The van der Waals surface area contributed by atoms with E-state index >= 15 is 0 Å². The Morgan fingerprint density at radius 3 is 2.73 bits per heavy atom. The van der Waals surface area contributed by atoms with E-state index in [0.717, 1.165) is 0 Å². The van der Waals surface area contributed by atoms with E-state index in [1.165, 1.54) is 0 Å². The minimum absolute atomic E-state index is 0.141. The topological polar surface area (TPSA) is 95.5 Å². The maximum Gasteiger partial charge on any atom is 0.326 e. The summed E-state index contributed by atoms with van der Waals surface area (Å²) in [5.41, 5.74) is 0. The van der Waals surface area contributed by atoms with E-state index in [1.54, 1.807) is 6.92 Å². The number of nitrogens with one attached hydrogen (secondary N) is 2. The number of amides is 2. The number of aliphatic carboxylic acids is 1. The van der Waals surface area contributed by atoms with E-state index in [-0.39, 0.29) is 18.2 Å². The van der Waals surface area contributed by atoms with Crippen molar-refractivity contribution in [3.05, 3.63) is 0 Å². The predicted molar refractivity (Wildman–Crippen MR) is 51.0 cm³/mol. The van der Waals surface area contributed by atoms with Crippen molar-refractivity contribution in [1.82, 2.24) is 10.6 Å². The Hall–Kier alpha value is -1.59. The SMILES string of the molecule is CC[C@H](NC(=O)C1CNC(=O)C1)C(=O)O. The Balaban J connectivity index is 2.47. The fourth-order valence-corrected chi connectivity index (χ4v) is 1.42. The first-order valence-corrected chi connectivity index (χ1v) is 4.84. The van der Waals surface area contributed by atoms with Crippen molar-refractivity contribution >= 4 is 17.8 Å². The molecule has 3 N–H and O–H groups in total. The summed E-state index contributed by atoms with van der Waals surface area (Å²) in [5, 5.41) is 13.6. The first kappa shape index (κ1) is 11.5. The molecule has 0 saturated carbocycles. The van der Waals surface area contributed by atoms with Crippen LogP contribution < -0.4 is 10.6 Å². The van der Waals surface area contributed by atoms with Crippen LogP contribution in [0.15, 0.2) is 0 Å². The van der Waals surface area contributed by atoms with Gasteiger partial charge in [0.15, 0.2) is 0 Å². The molecule has 1 unspecified atom stereocenters. The molecule has 1 rings (SSSR count). The van der Waals surface area contributed by atoms with Gasteiger partial charge in [0.1, 0.15) is 6.04 Å². The highest BCUT2D eigenvalue weighted by Gasteiger charge is 2.30. The molecule has 0 spiro atoms. The van der Waals surface area contributed by atoms with Crippen molar-refractivity contribution in [2.24, 2.45) is 5.92 Å². The number of rotatable bonds is 4. The molecule has 6 nitrogen and oxygen atoms in total. The van der Waals surface area contributed by atoms with Crippen molar-refractivity contribution in [3.8, 4) is 0 Å². The van der Waals surface area contributed by atoms with Gasteiger partial charge in [-0.15, -0.1) is 0 Å². The van der Waals surface area contributed by atoms with E-state index in [0.29, 0.717) is 13.0 Å². The second-order valence-electron chi connectivity index (χ2n) is 3.51. The normalized spacial score (nSPS) is 21.9. The average molecular weight is 214 g/mol. The van der Waals surface area contributed by atoms with E-state index < -0.39 is 17.9 Å². The third kappa shape index (κ3) is 2.93. The number of carboxylic acid groups (broad SMARTS) is 1. The lowest BCUT2D eigenvalue weighted by atomic mass is 10.1. The molecule has 0 aromatic heterocycles. The van der Waals surface area contributed by atoms with E-state index in [1.807, 2.05) is 0 Å². The molecule has 2 amide bonds. The number of hydrogen-bond donors (Lipinski definition) is 3. The van der Waals surface area contributed by atoms with Gasteiger partial charge in [-0.2, -0.15) is 0 Å². The van der Waals surface area contributed by atoms with E-state index in [4.69, 9.17) is 5.11 Å². The molecule has 84 valence electrons. The molecular weight excluding hydrogens is 200 g/mol. The van der Waals surface area contributed by atoms with Gasteiger partial charge in [0.25, 0.3) is 0 Å². The van der Waals surface area contributed by atoms with Crippen LogP contribution in [0.2, 0.25) is 0 Å². The summed E-state index contributed by atoms with van der Waals surface area (Å²) in [6.07, 6.45) is 0.469. The first-order valence-electron chi connectivity index (χ1n) is 4.84. The summed E-state index contributed by atoms with van der Waals surface area (Å²) < 4.78 is 0. The van der Waals surface area contributed by atoms with Crippen LogP contribution in [0, 0.1) is 5.92 Å². The van der Waals surface area contributed by atoms with Gasteiger partial charge in [0, 0.05) is 13.0 Å². The summed E-state index contributed by atoms with van der Waals surface area (Å²) in [7, 11) is 0. The highest BCUT2D eigenvalue weighted by Crippen LogP contribution is 2.09. The second kappa shape index (κ2) is 4.77. The van der Waals surface area contributed by atoms with Crippen molar-refractivity contribution in [2.75, 3.05) is 6.54 Å². The third-order valence-corrected chi connectivity index (χ3v) is 2.37. The summed E-state index contributed by atoms with van der Waals surface area (Å²) in [6.45, 7) is 1.97. The van der Waals surface area contributed by atoms with E-state index in [9.17, 15) is 14.4 Å². The third-order valence-electron chi connectivity index (χ3n) is 2.37. The molecule has 0 aliphatic carbocycles. The Morgan fingerprint density at radius 1 is 1.67 bits per heavy atom. The van der Waals surface area contributed by atoms with Crippen LogP contribution in [0.3, 0.4) is 0 Å². The maximum atomic E-state index is 11.5. The zero-order valence-corrected chi connectivity index (χ0v) is 8.45. The van der Waals surface area contributed by atoms with Crippen LogP contribution in [0.4, 0.5) is 0 Å². The number of carboxylic acids is 1. The second-order valence-corrected chi connectivity index (χ2v) is 3.51. The minimum atomic E-state index is -1.05. The molecular formula is C9H14N2O4. The van der Waals surface area contributed by atoms with Crippen LogP contribution in [-0.4, -0.2) is 35.5 Å². The van der Waals surface area contributed by atoms with Gasteiger partial charge in [-0.05, 0) is 6.42 Å². The first-order chi connectivity index (χ1) is 7.04. The van der Waals surface area contributed by atoms with Crippen molar-refractivity contribution in [2.45, 2.75) is 25.8 Å². The van der Waals surface area contributed by atoms with Crippen LogP contribution in [-0.2, 0) is 14.4 Å². The van der Waals surface area contributed by atoms with Crippen LogP contribution in [0.5, 0.6) is 0 Å². The summed E-state index contributed by atoms with van der Waals surface area (Å²) in [6, 6.07) is -0.867. The van der Waals surface area contributed by atoms with Gasteiger partial charge >= 0.3 is 5.97 Å². The molecule has 6 heteroatoms. The molecule has 0 aromatic rings. The van der Waals surface area contributed by atoms with Gasteiger partial charge in [-0.1, -0.05) is 6.92 Å². The van der Waals surface area contributed by atoms with Crippen molar-refractivity contribution < 1.29 is 19.5 Å². The lowest BCUT2D eigenvalue weighted by Gasteiger charge is -2.14. The lowest BCUT2D eigenvalue weighted by molar-refractivity contribution is -0.142. The fraction of sp³-hybridized carbons (Fsp3) is 0.667. The van der Waals surface area contributed by atoms with Crippen molar-refractivity contribution in [3.63, 3.8) is 0 Å². The number of carbonyl (C=O) groups is 3. The van der Waals surface area contributed by atoms with Gasteiger partial charge in [-0.25, -0.2) is 4.79 Å². The molecule has 15 heavy (non-hydrogen) atoms. The van der Waals surface area contributed by atoms with Gasteiger partial charge in [-0.3, -0.25) is 9.59 Å². The maximum absolute atomic E-state index is 11.5. The minimum Gasteiger partial charge on any atom is -0.480 e. The highest BCUT2D eigenvalue weighted by atomic mass is 16.4. The molecule has 1 aliphatic heterocycles. The summed E-state index contributed by atoms with van der Waals surface area (Å²) in [4.78, 5) is 33.0. The van der Waals surface area contributed by atoms with E-state index in [2.05, 4.69) is 10.6 Å². The lowest BCUT2D eigenvalue weighted by Crippen LogP contribution is -2.43. The standard InChI is InChI=1S/C9H14N2O4/c1-2-6(9(14)15)11-8(13)5-3-7(12)10-4-5/h5-6H,2-4H2,1H3,(H,10,12)(H,11,13)(H,14,15)/t5?,6-/m0/s1. The smallest absolute Gasteiger partial charge is 0.326 e. The largest absolute Gasteiger partial charge is 0.480 e. The molecule has 0 aromatic carbocycles. The molecule has 2 atom stereocenters. The van der Waals surface area contributed by atoms with Gasteiger partial charge in [0.2, 0.25) is 11.8 Å². The van der Waals surface area contributed by atoms with Gasteiger partial charge in [0.05, 0.1) is 5.92 Å². The Kier molecular flexibility index (Phi) is 3.65. The van der Waals surface area contributed by atoms with Crippen molar-refractivity contribution in [1.29, 1.82) is 0 Å². The average Bonchev–Trinajstić information content (AvgIpc) is 2.60. The Labute approximate surface area is 87.0 Å². The molecule has 0 bridgehead atoms. The molecule has 1 saturated heterocycles. The predicted octanol–water partition coefficient (Wildman–Crippen LogP) is -0.898. The van der Waals surface area contributed by atoms with Crippen LogP contribution >= 0.6 is 0 Å². The zero-order valence-electron chi connectivity index (χ0n) is 8.45. The fourth-order valence-electron chi connectivity index (χ4n) is 1.42. The summed E-state index contributed by atoms with van der Waals surface area (Å²) >= 11 is 0. The highest BCUT2D eigenvalue weighted by molar-refractivity contribution is 5.91.